The normalized spacial score (nSPS) is 23.9. The van der Waals surface area contributed by atoms with Crippen molar-refractivity contribution < 1.29 is 0 Å². The Morgan fingerprint density at radius 2 is 2.00 bits per heavy atom. The van der Waals surface area contributed by atoms with Gasteiger partial charge < -0.3 is 5.41 Å². The molecule has 2 nitrogen and oxygen atoms in total. The Balaban J connectivity index is 2.34. The van der Waals surface area contributed by atoms with E-state index in [0.29, 0.717) is 9.97 Å². The molecule has 70 valence electrons. The van der Waals surface area contributed by atoms with Gasteiger partial charge in [0.1, 0.15) is 0 Å². The van der Waals surface area contributed by atoms with Crippen LogP contribution in [0.2, 0.25) is 0 Å². The molecular formula is C9H17IN2. The second-order valence-electron chi connectivity index (χ2n) is 3.57. The average molecular weight is 280 g/mol. The number of hydrogen-bond acceptors (Lipinski definition) is 2. The number of nitrogens with one attached hydrogen (secondary N) is 1. The van der Waals surface area contributed by atoms with Gasteiger partial charge in [-0.15, -0.1) is 0 Å². The van der Waals surface area contributed by atoms with E-state index in [9.17, 15) is 0 Å². The number of nitrogens with zero attached hydrogens (tertiary/aromatic N) is 1. The van der Waals surface area contributed by atoms with Crippen LogP contribution in [0.25, 0.3) is 0 Å². The first-order chi connectivity index (χ1) is 5.61. The van der Waals surface area contributed by atoms with Crippen LogP contribution in [0.4, 0.5) is 0 Å². The minimum absolute atomic E-state index is 0.566. The molecule has 12 heavy (non-hydrogen) atoms. The number of likely N-dealkylation sites (tertiary alicyclic amines) is 1. The lowest BCUT2D eigenvalue weighted by Gasteiger charge is -2.33. The summed E-state index contributed by atoms with van der Waals surface area (Å²) in [6.07, 6.45) is 2.37. The summed E-state index contributed by atoms with van der Waals surface area (Å²) >= 11 is 2.46. The van der Waals surface area contributed by atoms with Crippen molar-refractivity contribution in [3.63, 3.8) is 0 Å². The second kappa shape index (κ2) is 4.56. The summed E-state index contributed by atoms with van der Waals surface area (Å²) in [6, 6.07) is 0. The predicted molar refractivity (Wildman–Crippen MR) is 61.2 cm³/mol. The van der Waals surface area contributed by atoms with Gasteiger partial charge in [0.05, 0.1) is 4.05 Å². The van der Waals surface area contributed by atoms with Crippen molar-refractivity contribution in [3.8, 4) is 0 Å². The fraction of sp³-hybridized carbons (Fsp3) is 0.889. The average Bonchev–Trinajstić information content (AvgIpc) is 2.04. The maximum Gasteiger partial charge on any atom is 0.0589 e. The van der Waals surface area contributed by atoms with Crippen LogP contribution in [0.1, 0.15) is 26.7 Å². The quantitative estimate of drug-likeness (QED) is 0.358. The van der Waals surface area contributed by atoms with Crippen LogP contribution in [0.15, 0.2) is 0 Å². The van der Waals surface area contributed by atoms with E-state index in [2.05, 4.69) is 34.4 Å². The third-order valence-electron chi connectivity index (χ3n) is 2.65. The molecular weight excluding hydrogens is 263 g/mol. The van der Waals surface area contributed by atoms with Crippen LogP contribution in [-0.2, 0) is 0 Å². The highest BCUT2D eigenvalue weighted by atomic mass is 127. The molecule has 1 atom stereocenters. The van der Waals surface area contributed by atoms with Gasteiger partial charge in [0, 0.05) is 5.71 Å². The molecule has 1 saturated heterocycles. The van der Waals surface area contributed by atoms with E-state index < -0.39 is 0 Å². The zero-order chi connectivity index (χ0) is 9.14. The van der Waals surface area contributed by atoms with Gasteiger partial charge in [0.25, 0.3) is 0 Å². The van der Waals surface area contributed by atoms with Gasteiger partial charge in [0.2, 0.25) is 0 Å². The Morgan fingerprint density at radius 1 is 1.50 bits per heavy atom. The fourth-order valence-electron chi connectivity index (χ4n) is 1.69. The second-order valence-corrected chi connectivity index (χ2v) is 5.37. The highest BCUT2D eigenvalue weighted by Gasteiger charge is 2.22. The van der Waals surface area contributed by atoms with Crippen molar-refractivity contribution in [2.45, 2.75) is 30.7 Å². The van der Waals surface area contributed by atoms with E-state index in [0.717, 1.165) is 5.71 Å². The van der Waals surface area contributed by atoms with E-state index in [1.807, 2.05) is 6.92 Å². The first-order valence-electron chi connectivity index (χ1n) is 4.54. The number of halogens is 1. The monoisotopic (exact) mass is 280 g/mol. The highest BCUT2D eigenvalue weighted by Crippen LogP contribution is 2.21. The Kier molecular flexibility index (Phi) is 3.96. The molecule has 0 spiro atoms. The lowest BCUT2D eigenvalue weighted by atomic mass is 9.93. The molecule has 0 aromatic rings. The Bertz CT molecular complexity index is 160. The summed E-state index contributed by atoms with van der Waals surface area (Å²) in [4.78, 5) is 2.49. The molecule has 0 bridgehead atoms. The number of alkyl halides is 1. The zero-order valence-corrected chi connectivity index (χ0v) is 9.97. The highest BCUT2D eigenvalue weighted by molar-refractivity contribution is 14.1. The van der Waals surface area contributed by atoms with Crippen molar-refractivity contribution in [1.29, 1.82) is 5.41 Å². The minimum Gasteiger partial charge on any atom is -0.310 e. The maximum absolute atomic E-state index is 7.54. The minimum atomic E-state index is 0.566. The Hall–Kier alpha value is 0.360. The first-order valence-corrected chi connectivity index (χ1v) is 5.79. The van der Waals surface area contributed by atoms with Crippen LogP contribution in [-0.4, -0.2) is 27.7 Å². The molecule has 0 aromatic carbocycles. The molecule has 1 aliphatic rings. The number of hydrogen-bond donors (Lipinski definition) is 1. The van der Waals surface area contributed by atoms with Crippen LogP contribution in [0.5, 0.6) is 0 Å². The Morgan fingerprint density at radius 3 is 2.33 bits per heavy atom. The van der Waals surface area contributed by atoms with Crippen molar-refractivity contribution in [3.05, 3.63) is 0 Å². The van der Waals surface area contributed by atoms with Crippen molar-refractivity contribution in [1.82, 2.24) is 4.90 Å². The van der Waals surface area contributed by atoms with Gasteiger partial charge in [0.15, 0.2) is 0 Å². The summed E-state index contributed by atoms with van der Waals surface area (Å²) in [6.45, 7) is 6.52. The van der Waals surface area contributed by atoms with Crippen molar-refractivity contribution in [2.24, 2.45) is 5.92 Å². The lowest BCUT2D eigenvalue weighted by Crippen LogP contribution is -2.38. The van der Waals surface area contributed by atoms with Crippen molar-refractivity contribution >= 4 is 28.3 Å². The summed E-state index contributed by atoms with van der Waals surface area (Å²) in [5.41, 5.74) is 0.871. The van der Waals surface area contributed by atoms with Gasteiger partial charge in [-0.25, -0.2) is 0 Å². The van der Waals surface area contributed by atoms with Crippen molar-refractivity contribution in [2.75, 3.05) is 13.1 Å². The van der Waals surface area contributed by atoms with Crippen LogP contribution >= 0.6 is 22.6 Å². The van der Waals surface area contributed by atoms with E-state index in [4.69, 9.17) is 5.41 Å². The molecule has 0 aliphatic carbocycles. The van der Waals surface area contributed by atoms with Gasteiger partial charge in [-0.2, -0.15) is 0 Å². The van der Waals surface area contributed by atoms with Gasteiger partial charge in [-0.3, -0.25) is 4.90 Å². The molecule has 1 heterocycles. The van der Waals surface area contributed by atoms with Gasteiger partial charge in [-0.05, 0) is 45.7 Å². The molecule has 0 amide bonds. The molecule has 1 N–H and O–H groups in total. The first kappa shape index (κ1) is 10.4. The SMILES string of the molecule is CC(=N)C1CCN(C(C)I)CC1. The summed E-state index contributed by atoms with van der Waals surface area (Å²) in [5, 5.41) is 7.54. The standard InChI is InChI=1S/C9H17IN2/c1-7(11)9-3-5-12(6-4-9)8(2)10/h8-9,11H,3-6H2,1-2H3. The topological polar surface area (TPSA) is 27.1 Å². The van der Waals surface area contributed by atoms with Crippen LogP contribution in [0.3, 0.4) is 0 Å². The zero-order valence-electron chi connectivity index (χ0n) is 7.81. The predicted octanol–water partition coefficient (Wildman–Crippen LogP) is 2.52. The van der Waals surface area contributed by atoms with Gasteiger partial charge in [-0.1, -0.05) is 22.6 Å². The summed E-state index contributed by atoms with van der Waals surface area (Å²) in [7, 11) is 0. The molecule has 0 aromatic heterocycles. The molecule has 1 aliphatic heterocycles. The molecule has 1 fully saturated rings. The third-order valence-corrected chi connectivity index (χ3v) is 3.43. The molecule has 3 heteroatoms. The fourth-order valence-corrected chi connectivity index (χ4v) is 2.25. The number of piperidine rings is 1. The van der Waals surface area contributed by atoms with E-state index in [-0.39, 0.29) is 0 Å². The largest absolute Gasteiger partial charge is 0.310 e. The lowest BCUT2D eigenvalue weighted by molar-refractivity contribution is 0.210. The number of rotatable bonds is 2. The third kappa shape index (κ3) is 2.69. The molecule has 1 rings (SSSR count). The van der Waals surface area contributed by atoms with Crippen LogP contribution in [0, 0.1) is 11.3 Å². The Labute approximate surface area is 88.4 Å². The molecule has 1 unspecified atom stereocenters. The van der Waals surface area contributed by atoms with E-state index in [1.165, 1.54) is 25.9 Å². The summed E-state index contributed by atoms with van der Waals surface area (Å²) in [5.74, 6) is 0.566. The molecule has 0 saturated carbocycles. The van der Waals surface area contributed by atoms with Gasteiger partial charge >= 0.3 is 0 Å². The smallest absolute Gasteiger partial charge is 0.0589 e. The summed E-state index contributed by atoms with van der Waals surface area (Å²) < 4.78 is 0.648. The maximum atomic E-state index is 7.54. The van der Waals surface area contributed by atoms with E-state index in [1.54, 1.807) is 0 Å². The molecule has 0 radical (unpaired) electrons. The van der Waals surface area contributed by atoms with Crippen LogP contribution < -0.4 is 0 Å². The van der Waals surface area contributed by atoms with E-state index >= 15 is 0 Å².